The number of benzene rings is 1. The van der Waals surface area contributed by atoms with Crippen molar-refractivity contribution in [2.45, 2.75) is 0 Å². The van der Waals surface area contributed by atoms with Crippen molar-refractivity contribution in [1.82, 2.24) is 9.97 Å². The molecule has 3 rings (SSSR count). The van der Waals surface area contributed by atoms with Crippen LogP contribution in [0.3, 0.4) is 0 Å². The van der Waals surface area contributed by atoms with E-state index < -0.39 is 5.91 Å². The predicted octanol–water partition coefficient (Wildman–Crippen LogP) is 2.19. The Kier molecular flexibility index (Phi) is 4.77. The fourth-order valence-electron chi connectivity index (χ4n) is 2.42. The molecule has 0 bridgehead atoms. The summed E-state index contributed by atoms with van der Waals surface area (Å²) in [5.41, 5.74) is 14.6. The van der Waals surface area contributed by atoms with E-state index in [2.05, 4.69) is 15.3 Å². The van der Waals surface area contributed by atoms with Gasteiger partial charge in [-0.3, -0.25) is 15.2 Å². The molecule has 0 aliphatic rings. The molecular weight excluding hydrogens is 342 g/mol. The molecule has 8 nitrogen and oxygen atoms in total. The van der Waals surface area contributed by atoms with Gasteiger partial charge in [-0.15, -0.1) is 0 Å². The summed E-state index contributed by atoms with van der Waals surface area (Å²) in [6.07, 6.45) is 4.52. The first-order chi connectivity index (χ1) is 13.0. The molecule has 0 atom stereocenters. The predicted molar refractivity (Wildman–Crippen MR) is 103 cm³/mol. The standard InChI is InChI=1S/C19H15N7O/c20-7-14-2-3-15(10-25-14)26-19(27)18(23)16-6-11(1-4-17(16)22)12-5-13(21)9-24-8-12/h1-6,8-10,23H,21-22H2,(H,26,27). The van der Waals surface area contributed by atoms with Crippen LogP contribution in [0.2, 0.25) is 0 Å². The zero-order chi connectivity index (χ0) is 19.4. The molecule has 132 valence electrons. The van der Waals surface area contributed by atoms with Crippen LogP contribution in [0.1, 0.15) is 11.3 Å². The molecule has 6 N–H and O–H groups in total. The molecule has 0 aliphatic carbocycles. The Morgan fingerprint density at radius 3 is 2.56 bits per heavy atom. The Labute approximate surface area is 155 Å². The highest BCUT2D eigenvalue weighted by Crippen LogP contribution is 2.25. The molecule has 0 saturated carbocycles. The quantitative estimate of drug-likeness (QED) is 0.414. The van der Waals surface area contributed by atoms with Crippen molar-refractivity contribution in [3.8, 4) is 17.2 Å². The number of nitriles is 1. The highest BCUT2D eigenvalue weighted by Gasteiger charge is 2.16. The smallest absolute Gasteiger partial charge is 0.274 e. The maximum absolute atomic E-state index is 12.4. The molecule has 0 spiro atoms. The van der Waals surface area contributed by atoms with Crippen molar-refractivity contribution < 1.29 is 4.79 Å². The number of hydrogen-bond acceptors (Lipinski definition) is 7. The largest absolute Gasteiger partial charge is 0.398 e. The van der Waals surface area contributed by atoms with Crippen LogP contribution in [0.15, 0.2) is 55.0 Å². The molecule has 0 radical (unpaired) electrons. The van der Waals surface area contributed by atoms with E-state index in [1.54, 1.807) is 30.5 Å². The lowest BCUT2D eigenvalue weighted by Gasteiger charge is -2.11. The van der Waals surface area contributed by atoms with Crippen LogP contribution in [0.5, 0.6) is 0 Å². The second-order valence-electron chi connectivity index (χ2n) is 5.68. The number of nitrogen functional groups attached to an aromatic ring is 2. The molecule has 0 aliphatic heterocycles. The molecule has 3 aromatic rings. The average molecular weight is 357 g/mol. The van der Waals surface area contributed by atoms with Crippen LogP contribution in [-0.4, -0.2) is 21.6 Å². The Bertz CT molecular complexity index is 1070. The first-order valence-electron chi connectivity index (χ1n) is 7.85. The van der Waals surface area contributed by atoms with Gasteiger partial charge in [0.1, 0.15) is 17.5 Å². The molecule has 2 aromatic heterocycles. The summed E-state index contributed by atoms with van der Waals surface area (Å²) in [6.45, 7) is 0. The normalized spacial score (nSPS) is 10.0. The number of carbonyl (C=O) groups excluding carboxylic acids is 1. The van der Waals surface area contributed by atoms with Gasteiger partial charge in [-0.05, 0) is 35.9 Å². The lowest BCUT2D eigenvalue weighted by Crippen LogP contribution is -2.24. The fourth-order valence-corrected chi connectivity index (χ4v) is 2.42. The number of nitrogens with two attached hydrogens (primary N) is 2. The topological polar surface area (TPSA) is 155 Å². The van der Waals surface area contributed by atoms with Crippen LogP contribution in [0.4, 0.5) is 17.1 Å². The van der Waals surface area contributed by atoms with Crippen molar-refractivity contribution in [3.05, 3.63) is 66.2 Å². The lowest BCUT2D eigenvalue weighted by molar-refractivity contribution is -0.110. The van der Waals surface area contributed by atoms with Gasteiger partial charge in [0.15, 0.2) is 0 Å². The minimum Gasteiger partial charge on any atom is -0.398 e. The third-order valence-corrected chi connectivity index (χ3v) is 3.78. The number of anilines is 3. The number of rotatable bonds is 4. The molecule has 1 aromatic carbocycles. The van der Waals surface area contributed by atoms with Gasteiger partial charge in [-0.1, -0.05) is 6.07 Å². The number of aromatic nitrogens is 2. The van der Waals surface area contributed by atoms with E-state index in [1.807, 2.05) is 6.07 Å². The van der Waals surface area contributed by atoms with E-state index in [1.165, 1.54) is 24.5 Å². The van der Waals surface area contributed by atoms with Crippen LogP contribution < -0.4 is 16.8 Å². The Morgan fingerprint density at radius 2 is 1.89 bits per heavy atom. The van der Waals surface area contributed by atoms with E-state index in [9.17, 15) is 4.79 Å². The Balaban J connectivity index is 1.86. The van der Waals surface area contributed by atoms with Crippen LogP contribution in [-0.2, 0) is 4.79 Å². The lowest BCUT2D eigenvalue weighted by atomic mass is 10.00. The van der Waals surface area contributed by atoms with Crippen molar-refractivity contribution in [3.63, 3.8) is 0 Å². The van der Waals surface area contributed by atoms with Crippen LogP contribution in [0.25, 0.3) is 11.1 Å². The van der Waals surface area contributed by atoms with Crippen LogP contribution in [0, 0.1) is 16.7 Å². The van der Waals surface area contributed by atoms with Gasteiger partial charge in [0.2, 0.25) is 0 Å². The number of nitrogens with zero attached hydrogens (tertiary/aromatic N) is 3. The third-order valence-electron chi connectivity index (χ3n) is 3.78. The van der Waals surface area contributed by atoms with E-state index in [0.29, 0.717) is 17.1 Å². The summed E-state index contributed by atoms with van der Waals surface area (Å²) in [4.78, 5) is 20.3. The Hall–Kier alpha value is -4.25. The number of pyridine rings is 2. The summed E-state index contributed by atoms with van der Waals surface area (Å²) >= 11 is 0. The van der Waals surface area contributed by atoms with E-state index in [-0.39, 0.29) is 17.0 Å². The Morgan fingerprint density at radius 1 is 1.07 bits per heavy atom. The maximum Gasteiger partial charge on any atom is 0.274 e. The van der Waals surface area contributed by atoms with Crippen LogP contribution >= 0.6 is 0 Å². The monoisotopic (exact) mass is 357 g/mol. The maximum atomic E-state index is 12.4. The number of hydrogen-bond donors (Lipinski definition) is 4. The summed E-state index contributed by atoms with van der Waals surface area (Å²) < 4.78 is 0. The molecule has 0 fully saturated rings. The second kappa shape index (κ2) is 7.33. The first-order valence-corrected chi connectivity index (χ1v) is 7.85. The third kappa shape index (κ3) is 3.88. The second-order valence-corrected chi connectivity index (χ2v) is 5.68. The van der Waals surface area contributed by atoms with Crippen molar-refractivity contribution in [1.29, 1.82) is 10.7 Å². The highest BCUT2D eigenvalue weighted by molar-refractivity contribution is 6.48. The van der Waals surface area contributed by atoms with Gasteiger partial charge in [0.05, 0.1) is 17.6 Å². The van der Waals surface area contributed by atoms with Gasteiger partial charge < -0.3 is 16.8 Å². The summed E-state index contributed by atoms with van der Waals surface area (Å²) in [6, 6.07) is 11.7. The molecule has 8 heteroatoms. The summed E-state index contributed by atoms with van der Waals surface area (Å²) in [5, 5.41) is 19.5. The molecule has 1 amide bonds. The molecular formula is C19H15N7O. The molecule has 27 heavy (non-hydrogen) atoms. The van der Waals surface area contributed by atoms with E-state index >= 15 is 0 Å². The summed E-state index contributed by atoms with van der Waals surface area (Å²) in [7, 11) is 0. The fraction of sp³-hybridized carbons (Fsp3) is 0. The molecule has 0 saturated heterocycles. The van der Waals surface area contributed by atoms with Crippen molar-refractivity contribution in [2.24, 2.45) is 0 Å². The number of nitrogens with one attached hydrogen (secondary N) is 2. The van der Waals surface area contributed by atoms with Crippen molar-refractivity contribution in [2.75, 3.05) is 16.8 Å². The summed E-state index contributed by atoms with van der Waals surface area (Å²) in [5.74, 6) is -0.643. The van der Waals surface area contributed by atoms with E-state index in [0.717, 1.165) is 11.1 Å². The van der Waals surface area contributed by atoms with Gasteiger partial charge in [0.25, 0.3) is 5.91 Å². The van der Waals surface area contributed by atoms with Gasteiger partial charge in [-0.2, -0.15) is 5.26 Å². The molecule has 0 unspecified atom stereocenters. The van der Waals surface area contributed by atoms with Gasteiger partial charge >= 0.3 is 0 Å². The first kappa shape index (κ1) is 17.6. The zero-order valence-corrected chi connectivity index (χ0v) is 14.1. The SMILES string of the molecule is N#Cc1ccc(NC(=O)C(=N)c2cc(-c3cncc(N)c3)ccc2N)cn1. The minimum atomic E-state index is -0.643. The van der Waals surface area contributed by atoms with Crippen molar-refractivity contribution >= 4 is 28.7 Å². The highest BCUT2D eigenvalue weighted by atomic mass is 16.1. The van der Waals surface area contributed by atoms with Gasteiger partial charge in [0, 0.05) is 29.2 Å². The molecule has 2 heterocycles. The average Bonchev–Trinajstić information content (AvgIpc) is 2.68. The zero-order valence-electron chi connectivity index (χ0n) is 14.1. The van der Waals surface area contributed by atoms with E-state index in [4.69, 9.17) is 22.1 Å². The number of amides is 1. The number of carbonyl (C=O) groups is 1. The minimum absolute atomic E-state index is 0.232. The van der Waals surface area contributed by atoms with Gasteiger partial charge in [-0.25, -0.2) is 4.98 Å².